The van der Waals surface area contributed by atoms with E-state index in [0.717, 1.165) is 24.3 Å². The van der Waals surface area contributed by atoms with Crippen LogP contribution in [0, 0.1) is 5.82 Å². The van der Waals surface area contributed by atoms with Gasteiger partial charge in [-0.15, -0.1) is 0 Å². The number of halogens is 1. The van der Waals surface area contributed by atoms with Crippen LogP contribution in [0.3, 0.4) is 0 Å². The predicted molar refractivity (Wildman–Crippen MR) is 109 cm³/mol. The standard InChI is InChI=1S/C21H22FN5O/c1-3-27(4-2)18-11-5-15(6-12-18)14-23-26-21(28)20-13-19(24-25-20)16-7-9-17(22)10-8-16/h5-14H,3-4H2,1-2H3,(H,24,25)(H,26,28). The van der Waals surface area contributed by atoms with Gasteiger partial charge in [0, 0.05) is 24.3 Å². The van der Waals surface area contributed by atoms with Gasteiger partial charge in [0.05, 0.1) is 11.9 Å². The second-order valence-corrected chi connectivity index (χ2v) is 6.14. The third-order valence-electron chi connectivity index (χ3n) is 4.36. The summed E-state index contributed by atoms with van der Waals surface area (Å²) in [5, 5.41) is 10.7. The molecule has 0 spiro atoms. The van der Waals surface area contributed by atoms with Gasteiger partial charge in [-0.2, -0.15) is 10.2 Å². The molecule has 0 atom stereocenters. The van der Waals surface area contributed by atoms with Gasteiger partial charge in [-0.25, -0.2) is 9.82 Å². The molecule has 3 aromatic rings. The number of nitrogens with one attached hydrogen (secondary N) is 2. The summed E-state index contributed by atoms with van der Waals surface area (Å²) in [7, 11) is 0. The van der Waals surface area contributed by atoms with Gasteiger partial charge in [-0.3, -0.25) is 9.89 Å². The molecule has 7 heteroatoms. The maximum atomic E-state index is 13.0. The molecule has 28 heavy (non-hydrogen) atoms. The van der Waals surface area contributed by atoms with Crippen molar-refractivity contribution in [3.05, 3.63) is 71.7 Å². The highest BCUT2D eigenvalue weighted by Crippen LogP contribution is 2.18. The Bertz CT molecular complexity index is 944. The Balaban J connectivity index is 1.60. The molecular formula is C21H22FN5O. The van der Waals surface area contributed by atoms with Crippen LogP contribution in [0.5, 0.6) is 0 Å². The number of benzene rings is 2. The number of hydrogen-bond donors (Lipinski definition) is 2. The molecule has 1 aromatic heterocycles. The molecule has 3 rings (SSSR count). The highest BCUT2D eigenvalue weighted by Gasteiger charge is 2.10. The van der Waals surface area contributed by atoms with Gasteiger partial charge < -0.3 is 4.90 Å². The molecule has 0 saturated carbocycles. The minimum Gasteiger partial charge on any atom is -0.372 e. The van der Waals surface area contributed by atoms with Crippen molar-refractivity contribution in [3.8, 4) is 11.3 Å². The van der Waals surface area contributed by atoms with Crippen LogP contribution >= 0.6 is 0 Å². The molecule has 2 N–H and O–H groups in total. The Morgan fingerprint density at radius 2 is 1.82 bits per heavy atom. The summed E-state index contributed by atoms with van der Waals surface area (Å²) >= 11 is 0. The third-order valence-corrected chi connectivity index (χ3v) is 4.36. The van der Waals surface area contributed by atoms with E-state index in [0.29, 0.717) is 11.3 Å². The van der Waals surface area contributed by atoms with Gasteiger partial charge >= 0.3 is 0 Å². The fourth-order valence-electron chi connectivity index (χ4n) is 2.79. The Labute approximate surface area is 163 Å². The molecule has 144 valence electrons. The van der Waals surface area contributed by atoms with Crippen LogP contribution in [0.25, 0.3) is 11.3 Å². The van der Waals surface area contributed by atoms with Crippen molar-refractivity contribution in [2.45, 2.75) is 13.8 Å². The molecule has 1 amide bonds. The Hall–Kier alpha value is -3.48. The maximum absolute atomic E-state index is 13.0. The van der Waals surface area contributed by atoms with E-state index in [9.17, 15) is 9.18 Å². The SMILES string of the molecule is CCN(CC)c1ccc(C=NNC(=O)c2cc(-c3ccc(F)cc3)n[nH]2)cc1. The lowest BCUT2D eigenvalue weighted by Gasteiger charge is -2.20. The normalized spacial score (nSPS) is 11.0. The first-order valence-corrected chi connectivity index (χ1v) is 9.10. The molecule has 0 aliphatic heterocycles. The number of aromatic nitrogens is 2. The first-order valence-electron chi connectivity index (χ1n) is 9.10. The zero-order valence-corrected chi connectivity index (χ0v) is 15.8. The second-order valence-electron chi connectivity index (χ2n) is 6.14. The van der Waals surface area contributed by atoms with E-state index < -0.39 is 5.91 Å². The highest BCUT2D eigenvalue weighted by atomic mass is 19.1. The quantitative estimate of drug-likeness (QED) is 0.484. The van der Waals surface area contributed by atoms with E-state index in [2.05, 4.69) is 39.5 Å². The number of aromatic amines is 1. The second kappa shape index (κ2) is 8.94. The van der Waals surface area contributed by atoms with Crippen LogP contribution in [0.1, 0.15) is 29.9 Å². The number of H-pyrrole nitrogens is 1. The third kappa shape index (κ3) is 4.62. The number of amides is 1. The number of rotatable bonds is 7. The topological polar surface area (TPSA) is 73.4 Å². The van der Waals surface area contributed by atoms with Gasteiger partial charge in [0.15, 0.2) is 0 Å². The molecule has 0 aliphatic carbocycles. The molecule has 0 radical (unpaired) electrons. The smallest absolute Gasteiger partial charge is 0.289 e. The van der Waals surface area contributed by atoms with Crippen LogP contribution in [-0.2, 0) is 0 Å². The van der Waals surface area contributed by atoms with Crippen LogP contribution in [0.2, 0.25) is 0 Å². The van der Waals surface area contributed by atoms with Crippen molar-refractivity contribution in [1.29, 1.82) is 0 Å². The molecular weight excluding hydrogens is 357 g/mol. The van der Waals surface area contributed by atoms with E-state index in [1.54, 1.807) is 24.4 Å². The first kappa shape index (κ1) is 19.3. The van der Waals surface area contributed by atoms with Crippen LogP contribution < -0.4 is 10.3 Å². The summed E-state index contributed by atoms with van der Waals surface area (Å²) in [6, 6.07) is 15.5. The minimum atomic E-state index is -0.406. The van der Waals surface area contributed by atoms with Crippen molar-refractivity contribution in [2.75, 3.05) is 18.0 Å². The van der Waals surface area contributed by atoms with Gasteiger partial charge in [0.25, 0.3) is 5.91 Å². The maximum Gasteiger partial charge on any atom is 0.289 e. The summed E-state index contributed by atoms with van der Waals surface area (Å²) in [5.74, 6) is -0.728. The van der Waals surface area contributed by atoms with E-state index in [1.165, 1.54) is 12.1 Å². The summed E-state index contributed by atoms with van der Waals surface area (Å²) < 4.78 is 13.0. The first-order chi connectivity index (χ1) is 13.6. The number of carbonyl (C=O) groups excluding carboxylic acids is 1. The van der Waals surface area contributed by atoms with Crippen molar-refractivity contribution >= 4 is 17.8 Å². The Kier molecular flexibility index (Phi) is 6.16. The van der Waals surface area contributed by atoms with Crippen molar-refractivity contribution in [2.24, 2.45) is 5.10 Å². The van der Waals surface area contributed by atoms with E-state index in [4.69, 9.17) is 0 Å². The van der Waals surface area contributed by atoms with Gasteiger partial charge in [-0.05, 0) is 61.9 Å². The average molecular weight is 379 g/mol. The van der Waals surface area contributed by atoms with E-state index in [1.807, 2.05) is 24.3 Å². The highest BCUT2D eigenvalue weighted by molar-refractivity contribution is 5.94. The monoisotopic (exact) mass is 379 g/mol. The lowest BCUT2D eigenvalue weighted by Crippen LogP contribution is -2.21. The molecule has 1 heterocycles. The molecule has 0 unspecified atom stereocenters. The summed E-state index contributed by atoms with van der Waals surface area (Å²) in [6.45, 7) is 6.13. The number of nitrogens with zero attached hydrogens (tertiary/aromatic N) is 3. The Morgan fingerprint density at radius 3 is 2.46 bits per heavy atom. The predicted octanol–water partition coefficient (Wildman–Crippen LogP) is 3.83. The zero-order valence-electron chi connectivity index (χ0n) is 15.8. The van der Waals surface area contributed by atoms with Crippen molar-refractivity contribution < 1.29 is 9.18 Å². The number of anilines is 1. The average Bonchev–Trinajstić information content (AvgIpc) is 3.21. The lowest BCUT2D eigenvalue weighted by molar-refractivity contribution is 0.0950. The molecule has 6 nitrogen and oxygen atoms in total. The van der Waals surface area contributed by atoms with Crippen molar-refractivity contribution in [3.63, 3.8) is 0 Å². The van der Waals surface area contributed by atoms with Gasteiger partial charge in [0.2, 0.25) is 0 Å². The Morgan fingerprint density at radius 1 is 1.14 bits per heavy atom. The number of hydrogen-bond acceptors (Lipinski definition) is 4. The number of carbonyl (C=O) groups is 1. The van der Waals surface area contributed by atoms with Crippen LogP contribution in [0.4, 0.5) is 10.1 Å². The van der Waals surface area contributed by atoms with Gasteiger partial charge in [0.1, 0.15) is 11.5 Å². The molecule has 2 aromatic carbocycles. The minimum absolute atomic E-state index is 0.272. The fraction of sp³-hybridized carbons (Fsp3) is 0.190. The van der Waals surface area contributed by atoms with Crippen LogP contribution in [0.15, 0.2) is 59.7 Å². The molecule has 0 aliphatic rings. The summed E-state index contributed by atoms with van der Waals surface area (Å²) in [6.07, 6.45) is 1.58. The molecule has 0 fully saturated rings. The largest absolute Gasteiger partial charge is 0.372 e. The van der Waals surface area contributed by atoms with Gasteiger partial charge in [-0.1, -0.05) is 12.1 Å². The summed E-state index contributed by atoms with van der Waals surface area (Å²) in [5.41, 5.74) is 6.05. The van der Waals surface area contributed by atoms with E-state index in [-0.39, 0.29) is 11.5 Å². The summed E-state index contributed by atoms with van der Waals surface area (Å²) in [4.78, 5) is 14.4. The van der Waals surface area contributed by atoms with Crippen LogP contribution in [-0.4, -0.2) is 35.4 Å². The number of hydrazone groups is 1. The lowest BCUT2D eigenvalue weighted by atomic mass is 10.1. The molecule has 0 saturated heterocycles. The van der Waals surface area contributed by atoms with Crippen molar-refractivity contribution in [1.82, 2.24) is 15.6 Å². The van der Waals surface area contributed by atoms with E-state index >= 15 is 0 Å². The fourth-order valence-corrected chi connectivity index (χ4v) is 2.79. The molecule has 0 bridgehead atoms. The zero-order chi connectivity index (χ0) is 19.9.